The van der Waals surface area contributed by atoms with Crippen LogP contribution in [-0.4, -0.2) is 16.3 Å². The van der Waals surface area contributed by atoms with Gasteiger partial charge in [0.05, 0.1) is 5.69 Å². The van der Waals surface area contributed by atoms with Gasteiger partial charge in [0.1, 0.15) is 12.4 Å². The van der Waals surface area contributed by atoms with E-state index in [-0.39, 0.29) is 12.4 Å². The number of rotatable bonds is 7. The number of aromatic nitrogens is 2. The number of hydrogen-bond donors (Lipinski definition) is 1. The number of hydrogen-bond acceptors (Lipinski definition) is 3. The third-order valence-electron chi connectivity index (χ3n) is 3.20. The lowest BCUT2D eigenvalue weighted by atomic mass is 10.1. The number of nitrogens with one attached hydrogen (secondary N) is 1. The molecular weight excluding hydrogens is 269 g/mol. The minimum absolute atomic E-state index is 0.201. The third kappa shape index (κ3) is 4.29. The standard InChI is InChI=1S/C16H22FN3O/c1-4-7-18-10-13-5-6-15(17)14(9-13)11-21-16-8-12(2)19-20(16)3/h5-6,8-9,18H,4,7,10-11H2,1-3H3. The van der Waals surface area contributed by atoms with Gasteiger partial charge in [0.25, 0.3) is 0 Å². The lowest BCUT2D eigenvalue weighted by molar-refractivity contribution is 0.273. The molecule has 0 saturated carbocycles. The predicted octanol–water partition coefficient (Wildman–Crippen LogP) is 2.95. The van der Waals surface area contributed by atoms with Crippen LogP contribution in [0.4, 0.5) is 4.39 Å². The zero-order valence-electron chi connectivity index (χ0n) is 12.8. The third-order valence-corrected chi connectivity index (χ3v) is 3.20. The molecule has 2 aromatic rings. The summed E-state index contributed by atoms with van der Waals surface area (Å²) in [7, 11) is 1.81. The van der Waals surface area contributed by atoms with Crippen molar-refractivity contribution in [3.8, 4) is 5.88 Å². The van der Waals surface area contributed by atoms with Crippen molar-refractivity contribution >= 4 is 0 Å². The van der Waals surface area contributed by atoms with Crippen LogP contribution in [0.1, 0.15) is 30.2 Å². The minimum Gasteiger partial charge on any atom is -0.473 e. The number of nitrogens with zero attached hydrogens (tertiary/aromatic N) is 2. The summed E-state index contributed by atoms with van der Waals surface area (Å²) in [4.78, 5) is 0. The van der Waals surface area contributed by atoms with Crippen molar-refractivity contribution in [1.29, 1.82) is 0 Å². The van der Waals surface area contributed by atoms with E-state index in [9.17, 15) is 4.39 Å². The van der Waals surface area contributed by atoms with Crippen LogP contribution < -0.4 is 10.1 Å². The van der Waals surface area contributed by atoms with Crippen LogP contribution in [0.25, 0.3) is 0 Å². The van der Waals surface area contributed by atoms with Gasteiger partial charge in [-0.25, -0.2) is 9.07 Å². The first-order chi connectivity index (χ1) is 10.1. The van der Waals surface area contributed by atoms with Gasteiger partial charge in [-0.05, 0) is 37.6 Å². The lowest BCUT2D eigenvalue weighted by Crippen LogP contribution is -2.14. The summed E-state index contributed by atoms with van der Waals surface area (Å²) in [6.45, 7) is 5.91. The van der Waals surface area contributed by atoms with Crippen molar-refractivity contribution in [2.75, 3.05) is 6.54 Å². The smallest absolute Gasteiger partial charge is 0.212 e. The maximum atomic E-state index is 13.8. The van der Waals surface area contributed by atoms with Gasteiger partial charge in [0, 0.05) is 25.2 Å². The molecule has 0 aliphatic heterocycles. The van der Waals surface area contributed by atoms with Crippen molar-refractivity contribution in [3.63, 3.8) is 0 Å². The van der Waals surface area contributed by atoms with Crippen LogP contribution in [0, 0.1) is 12.7 Å². The molecule has 0 aliphatic carbocycles. The number of halogens is 1. The molecule has 1 heterocycles. The minimum atomic E-state index is -0.242. The average Bonchev–Trinajstić information content (AvgIpc) is 2.77. The Morgan fingerprint density at radius 1 is 1.33 bits per heavy atom. The van der Waals surface area contributed by atoms with Crippen LogP contribution in [0.2, 0.25) is 0 Å². The first-order valence-corrected chi connectivity index (χ1v) is 7.21. The molecule has 2 rings (SSSR count). The van der Waals surface area contributed by atoms with Crippen molar-refractivity contribution in [3.05, 3.63) is 46.9 Å². The Labute approximate surface area is 124 Å². The quantitative estimate of drug-likeness (QED) is 0.797. The fraction of sp³-hybridized carbons (Fsp3) is 0.438. The molecule has 1 aromatic heterocycles. The molecule has 21 heavy (non-hydrogen) atoms. The molecule has 0 saturated heterocycles. The second kappa shape index (κ2) is 7.22. The normalized spacial score (nSPS) is 10.9. The van der Waals surface area contributed by atoms with E-state index >= 15 is 0 Å². The summed E-state index contributed by atoms with van der Waals surface area (Å²) >= 11 is 0. The Hall–Kier alpha value is -1.88. The number of ether oxygens (including phenoxy) is 1. The zero-order chi connectivity index (χ0) is 15.2. The first-order valence-electron chi connectivity index (χ1n) is 7.21. The fourth-order valence-corrected chi connectivity index (χ4v) is 2.13. The van der Waals surface area contributed by atoms with E-state index in [1.165, 1.54) is 6.07 Å². The summed E-state index contributed by atoms with van der Waals surface area (Å²) < 4.78 is 21.1. The van der Waals surface area contributed by atoms with E-state index in [4.69, 9.17) is 4.74 Å². The maximum absolute atomic E-state index is 13.8. The van der Waals surface area contributed by atoms with E-state index in [1.807, 2.05) is 26.1 Å². The van der Waals surface area contributed by atoms with Crippen LogP contribution in [0.15, 0.2) is 24.3 Å². The summed E-state index contributed by atoms with van der Waals surface area (Å²) in [5.74, 6) is 0.398. The summed E-state index contributed by atoms with van der Waals surface area (Å²) in [5.41, 5.74) is 2.50. The van der Waals surface area contributed by atoms with Gasteiger partial charge in [-0.15, -0.1) is 0 Å². The Kier molecular flexibility index (Phi) is 5.33. The van der Waals surface area contributed by atoms with Crippen LogP contribution in [-0.2, 0) is 20.2 Å². The molecule has 5 heteroatoms. The number of benzene rings is 1. The number of aryl methyl sites for hydroxylation is 2. The first kappa shape index (κ1) is 15.5. The molecule has 0 amide bonds. The second-order valence-corrected chi connectivity index (χ2v) is 5.14. The van der Waals surface area contributed by atoms with Gasteiger partial charge in [-0.2, -0.15) is 5.10 Å². The van der Waals surface area contributed by atoms with Gasteiger partial charge < -0.3 is 10.1 Å². The largest absolute Gasteiger partial charge is 0.473 e. The molecule has 0 atom stereocenters. The molecule has 1 aromatic carbocycles. The summed E-state index contributed by atoms with van der Waals surface area (Å²) in [5, 5.41) is 7.51. The zero-order valence-corrected chi connectivity index (χ0v) is 12.8. The molecule has 0 fully saturated rings. The Morgan fingerprint density at radius 3 is 2.81 bits per heavy atom. The van der Waals surface area contributed by atoms with Gasteiger partial charge >= 0.3 is 0 Å². The predicted molar refractivity (Wildman–Crippen MR) is 80.7 cm³/mol. The Morgan fingerprint density at radius 2 is 2.14 bits per heavy atom. The average molecular weight is 291 g/mol. The van der Waals surface area contributed by atoms with E-state index < -0.39 is 0 Å². The fourth-order valence-electron chi connectivity index (χ4n) is 2.13. The monoisotopic (exact) mass is 291 g/mol. The van der Waals surface area contributed by atoms with Crippen LogP contribution >= 0.6 is 0 Å². The molecular formula is C16H22FN3O. The lowest BCUT2D eigenvalue weighted by Gasteiger charge is -2.09. The second-order valence-electron chi connectivity index (χ2n) is 5.14. The topological polar surface area (TPSA) is 39.1 Å². The van der Waals surface area contributed by atoms with Crippen molar-refractivity contribution in [2.45, 2.75) is 33.4 Å². The highest BCUT2D eigenvalue weighted by molar-refractivity contribution is 5.25. The maximum Gasteiger partial charge on any atom is 0.212 e. The molecule has 0 radical (unpaired) electrons. The Bertz CT molecular complexity index is 595. The SMILES string of the molecule is CCCNCc1ccc(F)c(COc2cc(C)nn2C)c1. The van der Waals surface area contributed by atoms with Gasteiger partial charge in [-0.1, -0.05) is 13.0 Å². The molecule has 0 aliphatic rings. The van der Waals surface area contributed by atoms with E-state index in [0.717, 1.165) is 30.8 Å². The molecule has 4 nitrogen and oxygen atoms in total. The van der Waals surface area contributed by atoms with Crippen LogP contribution in [0.5, 0.6) is 5.88 Å². The van der Waals surface area contributed by atoms with E-state index in [2.05, 4.69) is 17.3 Å². The van der Waals surface area contributed by atoms with Gasteiger partial charge in [-0.3, -0.25) is 0 Å². The molecule has 0 unspecified atom stereocenters. The van der Waals surface area contributed by atoms with E-state index in [1.54, 1.807) is 10.7 Å². The van der Waals surface area contributed by atoms with Crippen LogP contribution in [0.3, 0.4) is 0 Å². The molecule has 0 bridgehead atoms. The van der Waals surface area contributed by atoms with Gasteiger partial charge in [0.15, 0.2) is 0 Å². The molecule has 114 valence electrons. The van der Waals surface area contributed by atoms with Crippen molar-refractivity contribution < 1.29 is 9.13 Å². The molecule has 1 N–H and O–H groups in total. The highest BCUT2D eigenvalue weighted by Crippen LogP contribution is 2.16. The van der Waals surface area contributed by atoms with Crippen molar-refractivity contribution in [2.24, 2.45) is 7.05 Å². The summed E-state index contributed by atoms with van der Waals surface area (Å²) in [6.07, 6.45) is 1.08. The highest BCUT2D eigenvalue weighted by atomic mass is 19.1. The van der Waals surface area contributed by atoms with E-state index in [0.29, 0.717) is 11.4 Å². The summed E-state index contributed by atoms with van der Waals surface area (Å²) in [6, 6.07) is 6.98. The Balaban J connectivity index is 2.01. The van der Waals surface area contributed by atoms with Crippen molar-refractivity contribution in [1.82, 2.24) is 15.1 Å². The molecule has 0 spiro atoms. The highest BCUT2D eigenvalue weighted by Gasteiger charge is 2.07. The van der Waals surface area contributed by atoms with Gasteiger partial charge in [0.2, 0.25) is 5.88 Å².